The minimum Gasteiger partial charge on any atom is -0.361 e. The highest BCUT2D eigenvalue weighted by Gasteiger charge is 2.24. The lowest BCUT2D eigenvalue weighted by Gasteiger charge is -2.34. The molecule has 1 aromatic carbocycles. The number of piperidine rings is 1. The van der Waals surface area contributed by atoms with Gasteiger partial charge in [-0.3, -0.25) is 14.7 Å². The first-order valence-corrected chi connectivity index (χ1v) is 9.79. The molecule has 1 saturated heterocycles. The largest absolute Gasteiger partial charge is 0.361 e. The maximum Gasteiger partial charge on any atom is 0.252 e. The number of benzene rings is 1. The summed E-state index contributed by atoms with van der Waals surface area (Å²) in [5.74, 6) is -0.144. The third-order valence-corrected chi connectivity index (χ3v) is 5.68. The summed E-state index contributed by atoms with van der Waals surface area (Å²) in [5, 5.41) is 4.44. The monoisotopic (exact) mass is 382 g/mol. The normalized spacial score (nSPS) is 16.3. The number of carbonyl (C=O) groups is 1. The third-order valence-electron chi connectivity index (χ3n) is 5.27. The van der Waals surface area contributed by atoms with Crippen molar-refractivity contribution in [2.45, 2.75) is 25.3 Å². The quantitative estimate of drug-likeness (QED) is 0.696. The second-order valence-corrected chi connectivity index (χ2v) is 7.35. The summed E-state index contributed by atoms with van der Waals surface area (Å²) in [4.78, 5) is 22.6. The van der Waals surface area contributed by atoms with Gasteiger partial charge in [0.2, 0.25) is 0 Å². The number of aromatic nitrogens is 2. The van der Waals surface area contributed by atoms with Crippen LogP contribution in [-0.2, 0) is 0 Å². The molecule has 4 rings (SSSR count). The van der Waals surface area contributed by atoms with Gasteiger partial charge in [0.25, 0.3) is 5.91 Å². The van der Waals surface area contributed by atoms with E-state index < -0.39 is 0 Å². The number of nitrogens with one attached hydrogen (secondary N) is 2. The molecule has 1 aliphatic rings. The van der Waals surface area contributed by atoms with E-state index in [1.165, 1.54) is 19.3 Å². The first-order chi connectivity index (χ1) is 13.2. The summed E-state index contributed by atoms with van der Waals surface area (Å²) < 4.78 is 0. The molecule has 1 atom stereocenters. The van der Waals surface area contributed by atoms with Gasteiger partial charge in [-0.05, 0) is 55.8 Å². The molecule has 6 heteroatoms. The first kappa shape index (κ1) is 18.0. The standard InChI is InChI=1S/C21H23ClN4O/c22-20-16-8-10-24-18(16)7-6-17(20)21(27)25-14-19(15-5-4-9-23-13-15)26-11-2-1-3-12-26/h4-10,13,19,24H,1-3,11-12,14H2,(H,25,27). The molecule has 0 spiro atoms. The van der Waals surface area contributed by atoms with E-state index in [0.29, 0.717) is 17.1 Å². The maximum atomic E-state index is 12.8. The number of halogens is 1. The van der Waals surface area contributed by atoms with Gasteiger partial charge in [0.15, 0.2) is 0 Å². The summed E-state index contributed by atoms with van der Waals surface area (Å²) in [6, 6.07) is 9.70. The number of nitrogens with zero attached hydrogens (tertiary/aromatic N) is 2. The fraction of sp³-hybridized carbons (Fsp3) is 0.333. The fourth-order valence-electron chi connectivity index (χ4n) is 3.82. The molecule has 2 aromatic heterocycles. The minimum atomic E-state index is -0.144. The Kier molecular flexibility index (Phi) is 5.41. The van der Waals surface area contributed by atoms with Crippen molar-refractivity contribution < 1.29 is 4.79 Å². The number of hydrogen-bond donors (Lipinski definition) is 2. The molecule has 1 unspecified atom stereocenters. The van der Waals surface area contributed by atoms with Crippen molar-refractivity contribution >= 4 is 28.4 Å². The van der Waals surface area contributed by atoms with Gasteiger partial charge in [-0.25, -0.2) is 0 Å². The van der Waals surface area contributed by atoms with Crippen LogP contribution in [-0.4, -0.2) is 40.4 Å². The molecule has 3 aromatic rings. The first-order valence-electron chi connectivity index (χ1n) is 9.42. The fourth-order valence-corrected chi connectivity index (χ4v) is 4.13. The van der Waals surface area contributed by atoms with Gasteiger partial charge in [0, 0.05) is 36.0 Å². The summed E-state index contributed by atoms with van der Waals surface area (Å²) in [5.41, 5.74) is 2.57. The van der Waals surface area contributed by atoms with E-state index in [2.05, 4.69) is 26.3 Å². The van der Waals surface area contributed by atoms with E-state index in [1.54, 1.807) is 12.3 Å². The molecule has 0 bridgehead atoms. The number of pyridine rings is 1. The molecule has 0 aliphatic carbocycles. The Balaban J connectivity index is 1.52. The lowest BCUT2D eigenvalue weighted by molar-refractivity contribution is 0.0924. The van der Waals surface area contributed by atoms with Gasteiger partial charge >= 0.3 is 0 Å². The molecule has 2 N–H and O–H groups in total. The van der Waals surface area contributed by atoms with E-state index in [0.717, 1.165) is 29.6 Å². The number of likely N-dealkylation sites (tertiary alicyclic amines) is 1. The van der Waals surface area contributed by atoms with Crippen LogP contribution >= 0.6 is 11.6 Å². The van der Waals surface area contributed by atoms with Crippen LogP contribution in [0, 0.1) is 0 Å². The number of aromatic amines is 1. The van der Waals surface area contributed by atoms with Crippen molar-refractivity contribution in [1.29, 1.82) is 0 Å². The lowest BCUT2D eigenvalue weighted by atomic mass is 10.0. The molecule has 5 nitrogen and oxygen atoms in total. The van der Waals surface area contributed by atoms with E-state index in [-0.39, 0.29) is 11.9 Å². The highest BCUT2D eigenvalue weighted by Crippen LogP contribution is 2.27. The second-order valence-electron chi connectivity index (χ2n) is 6.97. The zero-order chi connectivity index (χ0) is 18.6. The molecule has 27 heavy (non-hydrogen) atoms. The van der Waals surface area contributed by atoms with E-state index in [4.69, 9.17) is 11.6 Å². The second kappa shape index (κ2) is 8.11. The van der Waals surface area contributed by atoms with Gasteiger partial charge in [0.05, 0.1) is 16.6 Å². The summed E-state index contributed by atoms with van der Waals surface area (Å²) in [7, 11) is 0. The number of rotatable bonds is 5. The van der Waals surface area contributed by atoms with E-state index in [1.807, 2.05) is 30.6 Å². The number of carbonyl (C=O) groups excluding carboxylic acids is 1. The van der Waals surface area contributed by atoms with Crippen molar-refractivity contribution in [3.63, 3.8) is 0 Å². The van der Waals surface area contributed by atoms with E-state index >= 15 is 0 Å². The number of hydrogen-bond acceptors (Lipinski definition) is 3. The van der Waals surface area contributed by atoms with Gasteiger partial charge in [-0.15, -0.1) is 0 Å². The van der Waals surface area contributed by atoms with Gasteiger partial charge in [0.1, 0.15) is 0 Å². The summed E-state index contributed by atoms with van der Waals surface area (Å²) in [6.45, 7) is 2.63. The third kappa shape index (κ3) is 3.84. The molecule has 140 valence electrons. The van der Waals surface area contributed by atoms with Gasteiger partial charge in [-0.1, -0.05) is 24.1 Å². The molecule has 0 saturated carbocycles. The van der Waals surface area contributed by atoms with Crippen LogP contribution in [0.15, 0.2) is 48.9 Å². The maximum absolute atomic E-state index is 12.8. The predicted molar refractivity (Wildman–Crippen MR) is 108 cm³/mol. The van der Waals surface area contributed by atoms with Crippen molar-refractivity contribution in [3.05, 3.63) is 65.1 Å². The minimum absolute atomic E-state index is 0.123. The number of H-pyrrole nitrogens is 1. The van der Waals surface area contributed by atoms with Gasteiger partial charge in [-0.2, -0.15) is 0 Å². The zero-order valence-electron chi connectivity index (χ0n) is 15.1. The smallest absolute Gasteiger partial charge is 0.252 e. The highest BCUT2D eigenvalue weighted by atomic mass is 35.5. The van der Waals surface area contributed by atoms with Crippen molar-refractivity contribution in [2.24, 2.45) is 0 Å². The number of fused-ring (bicyclic) bond motifs is 1. The lowest BCUT2D eigenvalue weighted by Crippen LogP contribution is -2.40. The van der Waals surface area contributed by atoms with Crippen LogP contribution in [0.1, 0.15) is 41.2 Å². The molecule has 1 aliphatic heterocycles. The Morgan fingerprint density at radius 3 is 2.85 bits per heavy atom. The Labute approximate surface area is 163 Å². The van der Waals surface area contributed by atoms with Crippen LogP contribution in [0.5, 0.6) is 0 Å². The summed E-state index contributed by atoms with van der Waals surface area (Å²) in [6.07, 6.45) is 9.16. The highest BCUT2D eigenvalue weighted by molar-refractivity contribution is 6.38. The Morgan fingerprint density at radius 2 is 2.07 bits per heavy atom. The molecule has 1 fully saturated rings. The molecule has 3 heterocycles. The van der Waals surface area contributed by atoms with Crippen LogP contribution in [0.2, 0.25) is 5.02 Å². The van der Waals surface area contributed by atoms with E-state index in [9.17, 15) is 4.79 Å². The molecule has 1 amide bonds. The summed E-state index contributed by atoms with van der Waals surface area (Å²) >= 11 is 6.46. The van der Waals surface area contributed by atoms with Crippen LogP contribution < -0.4 is 5.32 Å². The van der Waals surface area contributed by atoms with Crippen molar-refractivity contribution in [3.8, 4) is 0 Å². The SMILES string of the molecule is O=C(NCC(c1cccnc1)N1CCCCC1)c1ccc2[nH]ccc2c1Cl. The van der Waals surface area contributed by atoms with Crippen LogP contribution in [0.25, 0.3) is 10.9 Å². The molecular weight excluding hydrogens is 360 g/mol. The Hall–Kier alpha value is -2.37. The molecular formula is C21H23ClN4O. The number of amides is 1. The topological polar surface area (TPSA) is 61.0 Å². The zero-order valence-corrected chi connectivity index (χ0v) is 15.9. The average Bonchev–Trinajstić information content (AvgIpc) is 3.20. The van der Waals surface area contributed by atoms with Crippen molar-refractivity contribution in [2.75, 3.05) is 19.6 Å². The van der Waals surface area contributed by atoms with Crippen LogP contribution in [0.3, 0.4) is 0 Å². The average molecular weight is 383 g/mol. The Bertz CT molecular complexity index is 918. The van der Waals surface area contributed by atoms with Crippen LogP contribution in [0.4, 0.5) is 0 Å². The predicted octanol–water partition coefficient (Wildman–Crippen LogP) is 4.17. The molecule has 0 radical (unpaired) electrons. The Morgan fingerprint density at radius 1 is 1.22 bits per heavy atom. The van der Waals surface area contributed by atoms with Gasteiger partial charge < -0.3 is 10.3 Å². The van der Waals surface area contributed by atoms with Crippen molar-refractivity contribution in [1.82, 2.24) is 20.2 Å².